The minimum atomic E-state index is -0.739. The van der Waals surface area contributed by atoms with Gasteiger partial charge in [-0.2, -0.15) is 0 Å². The average molecular weight is 251 g/mol. The number of carboxylic acid groups (broad SMARTS) is 1. The number of halogens is 1. The van der Waals surface area contributed by atoms with Crippen molar-refractivity contribution in [3.63, 3.8) is 0 Å². The van der Waals surface area contributed by atoms with Crippen LogP contribution in [-0.2, 0) is 4.79 Å². The van der Waals surface area contributed by atoms with Gasteiger partial charge in [0.2, 0.25) is 0 Å². The molecule has 2 rings (SSSR count). The highest BCUT2D eigenvalue weighted by molar-refractivity contribution is 5.71. The van der Waals surface area contributed by atoms with E-state index in [-0.39, 0.29) is 23.8 Å². The Balaban J connectivity index is 2.15. The number of likely N-dealkylation sites (tertiary alicyclic amines) is 1. The molecule has 4 heteroatoms. The first-order valence-electron chi connectivity index (χ1n) is 6.24. The van der Waals surface area contributed by atoms with Crippen LogP contribution in [-0.4, -0.2) is 28.6 Å². The summed E-state index contributed by atoms with van der Waals surface area (Å²) < 4.78 is 13.2. The Morgan fingerprint density at radius 1 is 1.56 bits per heavy atom. The molecule has 1 aromatic carbocycles. The fourth-order valence-electron chi connectivity index (χ4n) is 2.80. The Bertz CT molecular complexity index is 449. The predicted molar refractivity (Wildman–Crippen MR) is 66.7 cm³/mol. The van der Waals surface area contributed by atoms with Crippen LogP contribution in [0.2, 0.25) is 0 Å². The standard InChI is InChI=1S/C14H18FNO2/c1-9(11-4-3-5-12(15)8-11)16-7-6-13(10(16)2)14(17)18/h3-5,8-10,13H,6-7H2,1-2H3,(H,17,18). The fourth-order valence-corrected chi connectivity index (χ4v) is 2.80. The molecule has 3 unspecified atom stereocenters. The van der Waals surface area contributed by atoms with Crippen LogP contribution < -0.4 is 0 Å². The predicted octanol–water partition coefficient (Wildman–Crippen LogP) is 2.68. The molecule has 98 valence electrons. The van der Waals surface area contributed by atoms with E-state index in [1.807, 2.05) is 19.9 Å². The molecule has 0 amide bonds. The van der Waals surface area contributed by atoms with Gasteiger partial charge in [-0.25, -0.2) is 4.39 Å². The zero-order valence-corrected chi connectivity index (χ0v) is 10.6. The molecule has 0 bridgehead atoms. The summed E-state index contributed by atoms with van der Waals surface area (Å²) in [6.07, 6.45) is 0.663. The molecule has 0 aliphatic carbocycles. The Morgan fingerprint density at radius 2 is 2.28 bits per heavy atom. The van der Waals surface area contributed by atoms with Crippen LogP contribution in [0.15, 0.2) is 24.3 Å². The molecule has 1 aliphatic heterocycles. The number of hydrogen-bond acceptors (Lipinski definition) is 2. The van der Waals surface area contributed by atoms with Crippen molar-refractivity contribution in [2.75, 3.05) is 6.54 Å². The van der Waals surface area contributed by atoms with Crippen molar-refractivity contribution < 1.29 is 14.3 Å². The molecule has 18 heavy (non-hydrogen) atoms. The van der Waals surface area contributed by atoms with Gasteiger partial charge >= 0.3 is 5.97 Å². The van der Waals surface area contributed by atoms with Gasteiger partial charge in [-0.3, -0.25) is 9.69 Å². The number of rotatable bonds is 3. The third kappa shape index (κ3) is 2.38. The number of carboxylic acids is 1. The maximum absolute atomic E-state index is 13.2. The lowest BCUT2D eigenvalue weighted by atomic mass is 10.0. The van der Waals surface area contributed by atoms with Crippen LogP contribution >= 0.6 is 0 Å². The van der Waals surface area contributed by atoms with E-state index in [0.29, 0.717) is 6.42 Å². The molecule has 3 nitrogen and oxygen atoms in total. The summed E-state index contributed by atoms with van der Waals surface area (Å²) in [6.45, 7) is 4.67. The minimum absolute atomic E-state index is 0.0132. The minimum Gasteiger partial charge on any atom is -0.481 e. The Labute approximate surface area is 106 Å². The summed E-state index contributed by atoms with van der Waals surface area (Å²) in [5, 5.41) is 9.11. The number of carbonyl (C=O) groups is 1. The summed E-state index contributed by atoms with van der Waals surface area (Å²) in [4.78, 5) is 13.2. The first kappa shape index (κ1) is 13.0. The Morgan fingerprint density at radius 3 is 2.83 bits per heavy atom. The molecule has 1 aliphatic rings. The SMILES string of the molecule is CC(c1cccc(F)c1)N1CCC(C(=O)O)C1C. The van der Waals surface area contributed by atoms with Crippen molar-refractivity contribution in [3.05, 3.63) is 35.6 Å². The van der Waals surface area contributed by atoms with Gasteiger partial charge in [0, 0.05) is 12.1 Å². The quantitative estimate of drug-likeness (QED) is 0.898. The molecule has 3 atom stereocenters. The van der Waals surface area contributed by atoms with E-state index in [1.165, 1.54) is 12.1 Å². The highest BCUT2D eigenvalue weighted by atomic mass is 19.1. The van der Waals surface area contributed by atoms with Crippen molar-refractivity contribution >= 4 is 5.97 Å². The molecule has 1 saturated heterocycles. The van der Waals surface area contributed by atoms with E-state index in [9.17, 15) is 9.18 Å². The second-order valence-electron chi connectivity index (χ2n) is 4.94. The lowest BCUT2D eigenvalue weighted by molar-refractivity contribution is -0.142. The molecule has 0 spiro atoms. The zero-order chi connectivity index (χ0) is 13.3. The number of hydrogen-bond donors (Lipinski definition) is 1. The van der Waals surface area contributed by atoms with Crippen molar-refractivity contribution in [2.24, 2.45) is 5.92 Å². The van der Waals surface area contributed by atoms with Crippen molar-refractivity contribution in [3.8, 4) is 0 Å². The van der Waals surface area contributed by atoms with Gasteiger partial charge < -0.3 is 5.11 Å². The molecular weight excluding hydrogens is 233 g/mol. The van der Waals surface area contributed by atoms with E-state index in [0.717, 1.165) is 12.1 Å². The third-order valence-corrected chi connectivity index (χ3v) is 3.95. The Hall–Kier alpha value is -1.42. The van der Waals surface area contributed by atoms with Gasteiger partial charge in [-0.05, 0) is 44.5 Å². The highest BCUT2D eigenvalue weighted by Crippen LogP contribution is 2.32. The highest BCUT2D eigenvalue weighted by Gasteiger charge is 2.37. The lowest BCUT2D eigenvalue weighted by Crippen LogP contribution is -2.34. The van der Waals surface area contributed by atoms with E-state index < -0.39 is 5.97 Å². The average Bonchev–Trinajstić information content (AvgIpc) is 2.70. The zero-order valence-electron chi connectivity index (χ0n) is 10.6. The molecule has 0 radical (unpaired) electrons. The van der Waals surface area contributed by atoms with E-state index in [1.54, 1.807) is 6.07 Å². The van der Waals surface area contributed by atoms with Gasteiger partial charge in [0.15, 0.2) is 0 Å². The van der Waals surface area contributed by atoms with Crippen LogP contribution in [0.4, 0.5) is 4.39 Å². The Kier molecular flexibility index (Phi) is 3.66. The summed E-state index contributed by atoms with van der Waals surface area (Å²) in [7, 11) is 0. The topological polar surface area (TPSA) is 40.5 Å². The molecule has 1 N–H and O–H groups in total. The first-order valence-corrected chi connectivity index (χ1v) is 6.24. The van der Waals surface area contributed by atoms with Crippen LogP contribution in [0.3, 0.4) is 0 Å². The number of nitrogens with zero attached hydrogens (tertiary/aromatic N) is 1. The summed E-state index contributed by atoms with van der Waals surface area (Å²) in [5.74, 6) is -1.31. The lowest BCUT2D eigenvalue weighted by Gasteiger charge is -2.30. The van der Waals surface area contributed by atoms with Crippen LogP contribution in [0.1, 0.15) is 31.9 Å². The van der Waals surface area contributed by atoms with Gasteiger partial charge in [0.05, 0.1) is 5.92 Å². The molecule has 0 saturated carbocycles. The normalized spacial score (nSPS) is 26.2. The number of aliphatic carboxylic acids is 1. The largest absolute Gasteiger partial charge is 0.481 e. The summed E-state index contributed by atoms with van der Waals surface area (Å²) in [6, 6.07) is 6.54. The monoisotopic (exact) mass is 251 g/mol. The smallest absolute Gasteiger partial charge is 0.308 e. The van der Waals surface area contributed by atoms with Crippen LogP contribution in [0.5, 0.6) is 0 Å². The van der Waals surface area contributed by atoms with Crippen LogP contribution in [0, 0.1) is 11.7 Å². The van der Waals surface area contributed by atoms with E-state index in [2.05, 4.69) is 4.90 Å². The van der Waals surface area contributed by atoms with Gasteiger partial charge in [0.1, 0.15) is 5.82 Å². The van der Waals surface area contributed by atoms with Crippen LogP contribution in [0.25, 0.3) is 0 Å². The van der Waals surface area contributed by atoms with E-state index >= 15 is 0 Å². The van der Waals surface area contributed by atoms with Gasteiger partial charge in [-0.15, -0.1) is 0 Å². The van der Waals surface area contributed by atoms with E-state index in [4.69, 9.17) is 5.11 Å². The summed E-state index contributed by atoms with van der Waals surface area (Å²) >= 11 is 0. The number of benzene rings is 1. The third-order valence-electron chi connectivity index (χ3n) is 3.95. The first-order chi connectivity index (χ1) is 8.50. The second kappa shape index (κ2) is 5.06. The molecular formula is C14H18FNO2. The maximum Gasteiger partial charge on any atom is 0.308 e. The fraction of sp³-hybridized carbons (Fsp3) is 0.500. The van der Waals surface area contributed by atoms with Crippen molar-refractivity contribution in [1.82, 2.24) is 4.90 Å². The molecule has 1 aromatic rings. The molecule has 1 heterocycles. The van der Waals surface area contributed by atoms with Crippen molar-refractivity contribution in [1.29, 1.82) is 0 Å². The van der Waals surface area contributed by atoms with Gasteiger partial charge in [0.25, 0.3) is 0 Å². The molecule has 1 fully saturated rings. The maximum atomic E-state index is 13.2. The summed E-state index contributed by atoms with van der Waals surface area (Å²) in [5.41, 5.74) is 0.896. The van der Waals surface area contributed by atoms with Crippen molar-refractivity contribution in [2.45, 2.75) is 32.4 Å². The van der Waals surface area contributed by atoms with Gasteiger partial charge in [-0.1, -0.05) is 12.1 Å². The molecule has 0 aromatic heterocycles. The second-order valence-corrected chi connectivity index (χ2v) is 4.94.